The molecule has 8 nitrogen and oxygen atoms in total. The van der Waals surface area contributed by atoms with E-state index in [0.717, 1.165) is 42.1 Å². The van der Waals surface area contributed by atoms with Crippen LogP contribution in [0, 0.1) is 16.0 Å². The molecular weight excluding hydrogens is 430 g/mol. The quantitative estimate of drug-likeness (QED) is 0.423. The average molecular weight is 452 g/mol. The summed E-state index contributed by atoms with van der Waals surface area (Å²) >= 11 is 6.03. The van der Waals surface area contributed by atoms with Crippen molar-refractivity contribution in [1.29, 1.82) is 0 Å². The molecule has 1 aliphatic rings. The molecule has 1 amide bonds. The predicted molar refractivity (Wildman–Crippen MR) is 124 cm³/mol. The van der Waals surface area contributed by atoms with Gasteiger partial charge >= 0.3 is 0 Å². The zero-order valence-electron chi connectivity index (χ0n) is 17.5. The van der Waals surface area contributed by atoms with Crippen LogP contribution < -0.4 is 10.2 Å². The van der Waals surface area contributed by atoms with E-state index in [2.05, 4.69) is 27.3 Å². The number of non-ortho nitro benzene ring substituents is 1. The molecule has 2 aromatic carbocycles. The number of hydrogen-bond donors (Lipinski definition) is 1. The largest absolute Gasteiger partial charge is 0.355 e. The summed E-state index contributed by atoms with van der Waals surface area (Å²) in [5.41, 5.74) is 2.19. The summed E-state index contributed by atoms with van der Waals surface area (Å²) in [4.78, 5) is 25.0. The summed E-state index contributed by atoms with van der Waals surface area (Å²) < 4.78 is 0. The summed E-state index contributed by atoms with van der Waals surface area (Å²) in [6.45, 7) is 4.28. The number of hydrogen-bond acceptors (Lipinski definition) is 6. The molecule has 0 unspecified atom stereocenters. The van der Waals surface area contributed by atoms with Crippen LogP contribution in [0.1, 0.15) is 30.1 Å². The molecule has 1 aromatic heterocycles. The zero-order chi connectivity index (χ0) is 22.7. The van der Waals surface area contributed by atoms with Crippen LogP contribution in [0.2, 0.25) is 5.02 Å². The Hall–Kier alpha value is -3.52. The van der Waals surface area contributed by atoms with Crippen LogP contribution in [0.15, 0.2) is 54.6 Å². The number of benzene rings is 2. The van der Waals surface area contributed by atoms with Crippen molar-refractivity contribution < 1.29 is 9.72 Å². The van der Waals surface area contributed by atoms with E-state index >= 15 is 0 Å². The predicted octanol–water partition coefficient (Wildman–Crippen LogP) is 5.19. The number of carbonyl (C=O) groups excluding carboxylic acids is 1. The number of nitro benzene ring substituents is 1. The molecule has 0 atom stereocenters. The van der Waals surface area contributed by atoms with E-state index in [9.17, 15) is 14.9 Å². The molecule has 0 aliphatic carbocycles. The lowest BCUT2D eigenvalue weighted by Crippen LogP contribution is -2.33. The molecule has 0 spiro atoms. The smallest absolute Gasteiger partial charge is 0.270 e. The van der Waals surface area contributed by atoms with Crippen LogP contribution in [0.3, 0.4) is 0 Å². The Morgan fingerprint density at radius 1 is 1.09 bits per heavy atom. The summed E-state index contributed by atoms with van der Waals surface area (Å²) in [5.74, 6) is 1.20. The van der Waals surface area contributed by atoms with E-state index in [4.69, 9.17) is 11.6 Å². The number of nitrogens with zero attached hydrogens (tertiary/aromatic N) is 4. The van der Waals surface area contributed by atoms with Gasteiger partial charge in [0, 0.05) is 36.5 Å². The maximum Gasteiger partial charge on any atom is 0.270 e. The van der Waals surface area contributed by atoms with Crippen molar-refractivity contribution in [2.24, 2.45) is 5.92 Å². The highest BCUT2D eigenvalue weighted by molar-refractivity contribution is 6.34. The second kappa shape index (κ2) is 9.32. The first-order valence-electron chi connectivity index (χ1n) is 10.3. The van der Waals surface area contributed by atoms with Gasteiger partial charge in [-0.05, 0) is 49.1 Å². The lowest BCUT2D eigenvalue weighted by molar-refractivity contribution is -0.384. The van der Waals surface area contributed by atoms with Gasteiger partial charge in [-0.1, -0.05) is 30.7 Å². The van der Waals surface area contributed by atoms with Gasteiger partial charge in [0.25, 0.3) is 11.6 Å². The first kappa shape index (κ1) is 21.7. The second-order valence-corrected chi connectivity index (χ2v) is 8.31. The van der Waals surface area contributed by atoms with Crippen LogP contribution in [0.25, 0.3) is 11.3 Å². The van der Waals surface area contributed by atoms with Crippen LogP contribution in [0.5, 0.6) is 0 Å². The van der Waals surface area contributed by atoms with E-state index in [-0.39, 0.29) is 16.3 Å². The fourth-order valence-electron chi connectivity index (χ4n) is 3.61. The first-order chi connectivity index (χ1) is 15.4. The molecule has 9 heteroatoms. The molecule has 1 aliphatic heterocycles. The Labute approximate surface area is 190 Å². The van der Waals surface area contributed by atoms with Crippen LogP contribution >= 0.6 is 11.6 Å². The highest BCUT2D eigenvalue weighted by Gasteiger charge is 2.18. The topological polar surface area (TPSA) is 101 Å². The molecule has 3 aromatic rings. The van der Waals surface area contributed by atoms with E-state index in [1.807, 2.05) is 24.3 Å². The summed E-state index contributed by atoms with van der Waals surface area (Å²) in [7, 11) is 0. The van der Waals surface area contributed by atoms with E-state index in [1.54, 1.807) is 12.1 Å². The molecule has 1 N–H and O–H groups in total. The lowest BCUT2D eigenvalue weighted by Gasteiger charge is -2.30. The van der Waals surface area contributed by atoms with Crippen molar-refractivity contribution in [2.75, 3.05) is 23.3 Å². The maximum atomic E-state index is 12.5. The van der Waals surface area contributed by atoms with Crippen molar-refractivity contribution >= 4 is 34.7 Å². The van der Waals surface area contributed by atoms with Crippen LogP contribution in [0.4, 0.5) is 17.2 Å². The van der Waals surface area contributed by atoms with Crippen molar-refractivity contribution in [3.05, 3.63) is 75.3 Å². The molecule has 4 rings (SSSR count). The highest BCUT2D eigenvalue weighted by atomic mass is 35.5. The van der Waals surface area contributed by atoms with Crippen molar-refractivity contribution in [3.63, 3.8) is 0 Å². The molecule has 1 saturated heterocycles. The summed E-state index contributed by atoms with van der Waals surface area (Å²) in [6.07, 6.45) is 2.34. The Morgan fingerprint density at radius 3 is 2.41 bits per heavy atom. The molecule has 2 heterocycles. The lowest BCUT2D eigenvalue weighted by atomic mass is 9.99. The zero-order valence-corrected chi connectivity index (χ0v) is 18.2. The highest BCUT2D eigenvalue weighted by Crippen LogP contribution is 2.26. The third-order valence-corrected chi connectivity index (χ3v) is 5.92. The van der Waals surface area contributed by atoms with Crippen molar-refractivity contribution in [2.45, 2.75) is 19.8 Å². The number of aromatic nitrogens is 2. The van der Waals surface area contributed by atoms with Gasteiger partial charge in [0.1, 0.15) is 0 Å². The van der Waals surface area contributed by atoms with E-state index in [1.165, 1.54) is 25.0 Å². The van der Waals surface area contributed by atoms with Gasteiger partial charge in [-0.2, -0.15) is 0 Å². The van der Waals surface area contributed by atoms with E-state index < -0.39 is 10.8 Å². The van der Waals surface area contributed by atoms with Gasteiger partial charge < -0.3 is 10.2 Å². The third-order valence-electron chi connectivity index (χ3n) is 5.60. The SMILES string of the molecule is CC1CCN(c2ccc(-c3ccc(NC(=O)c4ccc([N+](=O)[O-])cc4Cl)cc3)nn2)CC1. The number of anilines is 2. The first-order valence-corrected chi connectivity index (χ1v) is 10.7. The Balaban J connectivity index is 1.42. The third kappa shape index (κ3) is 4.86. The molecule has 0 bridgehead atoms. The minimum atomic E-state index is -0.561. The molecule has 0 radical (unpaired) electrons. The fraction of sp³-hybridized carbons (Fsp3) is 0.261. The maximum absolute atomic E-state index is 12.5. The van der Waals surface area contributed by atoms with E-state index in [0.29, 0.717) is 5.69 Å². The summed E-state index contributed by atoms with van der Waals surface area (Å²) in [6, 6.07) is 14.9. The fourth-order valence-corrected chi connectivity index (χ4v) is 3.87. The second-order valence-electron chi connectivity index (χ2n) is 7.90. The van der Waals surface area contributed by atoms with Gasteiger partial charge in [-0.15, -0.1) is 10.2 Å². The standard InChI is InChI=1S/C23H22ClN5O3/c1-15-10-12-28(13-11-15)22-9-8-21(26-27-22)16-2-4-17(5-3-16)25-23(30)19-7-6-18(29(31)32)14-20(19)24/h2-9,14-15H,10-13H2,1H3,(H,25,30). The summed E-state index contributed by atoms with van der Waals surface area (Å²) in [5, 5.41) is 22.3. The van der Waals surface area contributed by atoms with Gasteiger partial charge in [0.2, 0.25) is 0 Å². The average Bonchev–Trinajstić information content (AvgIpc) is 2.80. The number of halogens is 1. The van der Waals surface area contributed by atoms with Gasteiger partial charge in [-0.3, -0.25) is 14.9 Å². The molecule has 1 fully saturated rings. The molecule has 32 heavy (non-hydrogen) atoms. The Morgan fingerprint density at radius 2 is 1.81 bits per heavy atom. The number of rotatable bonds is 5. The number of piperidine rings is 1. The number of nitrogens with one attached hydrogen (secondary N) is 1. The minimum absolute atomic E-state index is 0.0202. The van der Waals surface area contributed by atoms with Gasteiger partial charge in [0.15, 0.2) is 5.82 Å². The number of nitro groups is 1. The number of amides is 1. The molecular formula is C23H22ClN5O3. The van der Waals surface area contributed by atoms with Gasteiger partial charge in [0.05, 0.1) is 21.2 Å². The normalized spacial score (nSPS) is 14.2. The van der Waals surface area contributed by atoms with Crippen molar-refractivity contribution in [3.8, 4) is 11.3 Å². The molecule has 164 valence electrons. The monoisotopic (exact) mass is 451 g/mol. The van der Waals surface area contributed by atoms with Gasteiger partial charge in [-0.25, -0.2) is 0 Å². The molecule has 0 saturated carbocycles. The van der Waals surface area contributed by atoms with Crippen molar-refractivity contribution in [1.82, 2.24) is 10.2 Å². The Bertz CT molecular complexity index is 1130. The minimum Gasteiger partial charge on any atom is -0.355 e. The van der Waals surface area contributed by atoms with Crippen LogP contribution in [-0.2, 0) is 0 Å². The number of carbonyl (C=O) groups is 1. The van der Waals surface area contributed by atoms with Crippen LogP contribution in [-0.4, -0.2) is 34.1 Å². The Kier molecular flexibility index (Phi) is 6.32.